The highest BCUT2D eigenvalue weighted by Crippen LogP contribution is 2.14. The molecule has 0 radical (unpaired) electrons. The van der Waals surface area contributed by atoms with Gasteiger partial charge in [-0.3, -0.25) is 0 Å². The Kier molecular flexibility index (Phi) is 3.51. The summed E-state index contributed by atoms with van der Waals surface area (Å²) in [5.74, 6) is -0.947. The van der Waals surface area contributed by atoms with E-state index in [1.807, 2.05) is 6.92 Å². The summed E-state index contributed by atoms with van der Waals surface area (Å²) in [7, 11) is 0. The summed E-state index contributed by atoms with van der Waals surface area (Å²) >= 11 is 0. The quantitative estimate of drug-likeness (QED) is 0.848. The van der Waals surface area contributed by atoms with Crippen molar-refractivity contribution < 1.29 is 13.5 Å². The van der Waals surface area contributed by atoms with Crippen LogP contribution in [0.2, 0.25) is 0 Å². The molecule has 1 N–H and O–H groups in total. The molecule has 2 nitrogen and oxygen atoms in total. The van der Waals surface area contributed by atoms with Crippen molar-refractivity contribution in [2.45, 2.75) is 25.4 Å². The molecule has 1 aromatic carbocycles. The van der Waals surface area contributed by atoms with Gasteiger partial charge in [-0.2, -0.15) is 0 Å². The summed E-state index contributed by atoms with van der Waals surface area (Å²) in [6.45, 7) is 3.29. The van der Waals surface area contributed by atoms with Crippen molar-refractivity contribution in [1.29, 1.82) is 0 Å². The topological polar surface area (TPSA) is 21.3 Å². The smallest absolute Gasteiger partial charge is 0.129 e. The summed E-state index contributed by atoms with van der Waals surface area (Å²) in [5.41, 5.74) is 0.155. The molecule has 1 aromatic rings. The number of halogens is 2. The lowest BCUT2D eigenvalue weighted by Crippen LogP contribution is -2.50. The molecule has 88 valence electrons. The van der Waals surface area contributed by atoms with Crippen LogP contribution in [0, 0.1) is 11.6 Å². The molecule has 1 atom stereocenters. The zero-order valence-electron chi connectivity index (χ0n) is 9.17. The van der Waals surface area contributed by atoms with E-state index >= 15 is 0 Å². The van der Waals surface area contributed by atoms with Crippen LogP contribution in [-0.4, -0.2) is 25.3 Å². The molecule has 1 fully saturated rings. The third-order valence-corrected chi connectivity index (χ3v) is 2.73. The lowest BCUT2D eigenvalue weighted by Gasteiger charge is -2.30. The third-order valence-electron chi connectivity index (χ3n) is 2.73. The van der Waals surface area contributed by atoms with Crippen molar-refractivity contribution in [2.24, 2.45) is 0 Å². The molecule has 1 unspecified atom stereocenters. The van der Waals surface area contributed by atoms with Crippen LogP contribution >= 0.6 is 0 Å². The minimum Gasteiger partial charge on any atom is -0.378 e. The van der Waals surface area contributed by atoms with Gasteiger partial charge in [0.2, 0.25) is 0 Å². The second-order valence-electron chi connectivity index (χ2n) is 4.21. The van der Waals surface area contributed by atoms with E-state index in [-0.39, 0.29) is 11.6 Å². The van der Waals surface area contributed by atoms with E-state index in [0.717, 1.165) is 0 Å². The van der Waals surface area contributed by atoms with Crippen LogP contribution in [0.25, 0.3) is 0 Å². The summed E-state index contributed by atoms with van der Waals surface area (Å²) in [5, 5.41) is 3.26. The van der Waals surface area contributed by atoms with E-state index < -0.39 is 11.6 Å². The Morgan fingerprint density at radius 1 is 1.38 bits per heavy atom. The lowest BCUT2D eigenvalue weighted by molar-refractivity contribution is -0.00914. The molecule has 0 aromatic heterocycles. The number of hydrogen-bond donors (Lipinski definition) is 1. The molecule has 4 heteroatoms. The van der Waals surface area contributed by atoms with Crippen molar-refractivity contribution in [1.82, 2.24) is 5.32 Å². The first-order valence-corrected chi connectivity index (χ1v) is 5.43. The van der Waals surface area contributed by atoms with Gasteiger partial charge in [0.05, 0.1) is 19.3 Å². The summed E-state index contributed by atoms with van der Waals surface area (Å²) < 4.78 is 31.7. The molecule has 1 aliphatic rings. The number of benzene rings is 1. The van der Waals surface area contributed by atoms with Gasteiger partial charge in [-0.25, -0.2) is 8.78 Å². The first-order valence-electron chi connectivity index (χ1n) is 5.43. The Balaban J connectivity index is 1.96. The Bertz CT molecular complexity index is 346. The first-order chi connectivity index (χ1) is 7.66. The van der Waals surface area contributed by atoms with Crippen LogP contribution in [0.15, 0.2) is 18.2 Å². The second-order valence-corrected chi connectivity index (χ2v) is 4.21. The van der Waals surface area contributed by atoms with Gasteiger partial charge in [-0.05, 0) is 25.5 Å². The van der Waals surface area contributed by atoms with E-state index in [1.165, 1.54) is 18.2 Å². The minimum atomic E-state index is -0.474. The van der Waals surface area contributed by atoms with E-state index in [0.29, 0.717) is 25.7 Å². The summed E-state index contributed by atoms with van der Waals surface area (Å²) in [4.78, 5) is 0. The van der Waals surface area contributed by atoms with Crippen molar-refractivity contribution in [2.75, 3.05) is 13.2 Å². The van der Waals surface area contributed by atoms with Crippen LogP contribution in [0.4, 0.5) is 8.78 Å². The predicted octanol–water partition coefficient (Wildman–Crippen LogP) is 1.88. The fraction of sp³-hybridized carbons (Fsp3) is 0.500. The molecule has 1 aliphatic heterocycles. The number of nitrogens with one attached hydrogen (secondary N) is 1. The molecular formula is C12H15F2NO. The van der Waals surface area contributed by atoms with Crippen LogP contribution in [-0.2, 0) is 11.2 Å². The molecule has 0 aliphatic carbocycles. The first kappa shape index (κ1) is 11.5. The fourth-order valence-corrected chi connectivity index (χ4v) is 1.83. The van der Waals surface area contributed by atoms with Gasteiger partial charge in [-0.15, -0.1) is 0 Å². The monoisotopic (exact) mass is 227 g/mol. The van der Waals surface area contributed by atoms with Gasteiger partial charge < -0.3 is 10.1 Å². The molecule has 1 heterocycles. The summed E-state index contributed by atoms with van der Waals surface area (Å²) in [6, 6.07) is 4.33. The van der Waals surface area contributed by atoms with E-state index in [4.69, 9.17) is 4.74 Å². The van der Waals surface area contributed by atoms with Gasteiger partial charge >= 0.3 is 0 Å². The van der Waals surface area contributed by atoms with Gasteiger partial charge in [0.1, 0.15) is 11.6 Å². The number of hydrogen-bond acceptors (Lipinski definition) is 2. The highest BCUT2D eigenvalue weighted by Gasteiger charge is 2.21. The van der Waals surface area contributed by atoms with Crippen LogP contribution < -0.4 is 5.32 Å². The van der Waals surface area contributed by atoms with Gasteiger partial charge in [0.15, 0.2) is 0 Å². The highest BCUT2D eigenvalue weighted by molar-refractivity contribution is 5.20. The third kappa shape index (κ3) is 2.57. The molecule has 0 saturated carbocycles. The number of rotatable bonds is 4. The Hall–Kier alpha value is -1.00. The average Bonchev–Trinajstić information content (AvgIpc) is 2.18. The second kappa shape index (κ2) is 4.89. The maximum Gasteiger partial charge on any atom is 0.129 e. The molecule has 0 spiro atoms. The maximum atomic E-state index is 13.4. The van der Waals surface area contributed by atoms with Crippen molar-refractivity contribution >= 4 is 0 Å². The minimum absolute atomic E-state index is 0.0419. The lowest BCUT2D eigenvalue weighted by atomic mass is 10.0. The van der Waals surface area contributed by atoms with Crippen LogP contribution in [0.5, 0.6) is 0 Å². The normalized spacial score (nSPS) is 18.2. The van der Waals surface area contributed by atoms with Crippen LogP contribution in [0.3, 0.4) is 0 Å². The van der Waals surface area contributed by atoms with Crippen molar-refractivity contribution in [3.05, 3.63) is 35.4 Å². The molecule has 0 amide bonds. The average molecular weight is 227 g/mol. The van der Waals surface area contributed by atoms with Crippen molar-refractivity contribution in [3.8, 4) is 0 Å². The summed E-state index contributed by atoms with van der Waals surface area (Å²) in [6.07, 6.45) is 0.356. The van der Waals surface area contributed by atoms with Gasteiger partial charge in [-0.1, -0.05) is 6.07 Å². The van der Waals surface area contributed by atoms with E-state index in [1.54, 1.807) is 0 Å². The van der Waals surface area contributed by atoms with E-state index in [2.05, 4.69) is 5.32 Å². The van der Waals surface area contributed by atoms with Crippen LogP contribution in [0.1, 0.15) is 12.5 Å². The molecule has 1 saturated heterocycles. The van der Waals surface area contributed by atoms with E-state index in [9.17, 15) is 8.78 Å². The Morgan fingerprint density at radius 3 is 2.50 bits per heavy atom. The van der Waals surface area contributed by atoms with Gasteiger partial charge in [0, 0.05) is 11.6 Å². The largest absolute Gasteiger partial charge is 0.378 e. The van der Waals surface area contributed by atoms with Crippen molar-refractivity contribution in [3.63, 3.8) is 0 Å². The highest BCUT2D eigenvalue weighted by atomic mass is 19.1. The van der Waals surface area contributed by atoms with Gasteiger partial charge in [0.25, 0.3) is 0 Å². The number of ether oxygens (including phenoxy) is 1. The zero-order chi connectivity index (χ0) is 11.5. The fourth-order valence-electron chi connectivity index (χ4n) is 1.83. The maximum absolute atomic E-state index is 13.4. The molecule has 0 bridgehead atoms. The Morgan fingerprint density at radius 2 is 2.00 bits per heavy atom. The Labute approximate surface area is 93.6 Å². The zero-order valence-corrected chi connectivity index (χ0v) is 9.17. The standard InChI is InChI=1S/C12H15F2NO/c1-8(15-9-6-16-7-9)5-10-11(13)3-2-4-12(10)14/h2-4,8-9,15H,5-7H2,1H3. The molecular weight excluding hydrogens is 212 g/mol. The molecule has 16 heavy (non-hydrogen) atoms. The predicted molar refractivity (Wildman–Crippen MR) is 57.3 cm³/mol. The SMILES string of the molecule is CC(Cc1c(F)cccc1F)NC1COC1. The molecule has 2 rings (SSSR count).